The Balaban J connectivity index is 2.14. The number of rotatable bonds is 5. The van der Waals surface area contributed by atoms with Gasteiger partial charge in [-0.25, -0.2) is 13.6 Å². The van der Waals surface area contributed by atoms with E-state index in [1.807, 2.05) is 25.3 Å². The molecule has 0 saturated heterocycles. The van der Waals surface area contributed by atoms with Gasteiger partial charge in [0.25, 0.3) is 0 Å². The van der Waals surface area contributed by atoms with Crippen LogP contribution in [0.25, 0.3) is 0 Å². The Kier molecular flexibility index (Phi) is 4.92. The van der Waals surface area contributed by atoms with E-state index in [1.165, 1.54) is 17.0 Å². The number of hydrogen-bond acceptors (Lipinski definition) is 4. The Morgan fingerprint density at radius 1 is 1.14 bits per heavy atom. The van der Waals surface area contributed by atoms with Gasteiger partial charge in [0.2, 0.25) is 10.0 Å². The average Bonchev–Trinajstić information content (AvgIpc) is 2.46. The van der Waals surface area contributed by atoms with Crippen LogP contribution < -0.4 is 10.5 Å². The molecule has 112 valence electrons. The summed E-state index contributed by atoms with van der Waals surface area (Å²) in [4.78, 5) is 1.32. The summed E-state index contributed by atoms with van der Waals surface area (Å²) >= 11 is 1.69. The molecular weight excluding hydrogens is 304 g/mol. The van der Waals surface area contributed by atoms with Crippen LogP contribution in [0.3, 0.4) is 0 Å². The van der Waals surface area contributed by atoms with Gasteiger partial charge in [-0.3, -0.25) is 0 Å². The summed E-state index contributed by atoms with van der Waals surface area (Å²) in [5.41, 5.74) is 2.03. The van der Waals surface area contributed by atoms with Crippen LogP contribution in [0.4, 0.5) is 5.69 Å². The number of primary sulfonamides is 1. The molecule has 3 N–H and O–H groups in total. The Morgan fingerprint density at radius 2 is 1.81 bits per heavy atom. The van der Waals surface area contributed by atoms with E-state index < -0.39 is 10.0 Å². The van der Waals surface area contributed by atoms with Gasteiger partial charge in [0, 0.05) is 16.6 Å². The molecule has 0 bridgehead atoms. The molecule has 21 heavy (non-hydrogen) atoms. The minimum atomic E-state index is -3.64. The quantitative estimate of drug-likeness (QED) is 0.829. The third-order valence-corrected chi connectivity index (χ3v) is 4.82. The topological polar surface area (TPSA) is 72.2 Å². The van der Waals surface area contributed by atoms with E-state index in [4.69, 9.17) is 5.14 Å². The van der Waals surface area contributed by atoms with Gasteiger partial charge in [0.1, 0.15) is 0 Å². The van der Waals surface area contributed by atoms with Crippen LogP contribution in [0, 0.1) is 0 Å². The lowest BCUT2D eigenvalue weighted by molar-refractivity contribution is 0.597. The number of hydrogen-bond donors (Lipinski definition) is 2. The second-order valence-electron chi connectivity index (χ2n) is 4.71. The third-order valence-electron chi connectivity index (χ3n) is 3.16. The molecule has 0 saturated carbocycles. The number of nitrogens with two attached hydrogens (primary N) is 1. The first-order chi connectivity index (χ1) is 9.90. The predicted octanol–water partition coefficient (Wildman–Crippen LogP) is 3.23. The SMILES string of the molecule is CSc1cccc(NC(C)c2ccc(S(N)(=O)=O)cc2)c1. The zero-order chi connectivity index (χ0) is 15.5. The van der Waals surface area contributed by atoms with Gasteiger partial charge in [-0.15, -0.1) is 11.8 Å². The summed E-state index contributed by atoms with van der Waals surface area (Å²) < 4.78 is 22.5. The van der Waals surface area contributed by atoms with Gasteiger partial charge < -0.3 is 5.32 Å². The number of nitrogens with one attached hydrogen (secondary N) is 1. The fourth-order valence-electron chi connectivity index (χ4n) is 1.99. The average molecular weight is 322 g/mol. The van der Waals surface area contributed by atoms with E-state index in [2.05, 4.69) is 17.4 Å². The molecule has 0 fully saturated rings. The van der Waals surface area contributed by atoms with Crippen molar-refractivity contribution in [3.63, 3.8) is 0 Å². The minimum Gasteiger partial charge on any atom is -0.378 e. The molecule has 1 atom stereocenters. The summed E-state index contributed by atoms with van der Waals surface area (Å²) in [6.07, 6.45) is 2.04. The van der Waals surface area contributed by atoms with Crippen LogP contribution in [0.15, 0.2) is 58.3 Å². The molecule has 0 amide bonds. The minimum absolute atomic E-state index is 0.0663. The summed E-state index contributed by atoms with van der Waals surface area (Å²) in [7, 11) is -3.64. The molecule has 1 unspecified atom stereocenters. The van der Waals surface area contributed by atoms with Crippen LogP contribution in [0.2, 0.25) is 0 Å². The van der Waals surface area contributed by atoms with Crippen molar-refractivity contribution >= 4 is 27.5 Å². The Morgan fingerprint density at radius 3 is 2.38 bits per heavy atom. The van der Waals surface area contributed by atoms with Crippen molar-refractivity contribution in [1.82, 2.24) is 0 Å². The van der Waals surface area contributed by atoms with Crippen LogP contribution in [-0.2, 0) is 10.0 Å². The summed E-state index contributed by atoms with van der Waals surface area (Å²) in [6.45, 7) is 2.03. The molecule has 0 aliphatic rings. The Hall–Kier alpha value is -1.50. The summed E-state index contributed by atoms with van der Waals surface area (Å²) in [5, 5.41) is 8.49. The van der Waals surface area contributed by atoms with E-state index in [0.717, 1.165) is 11.3 Å². The van der Waals surface area contributed by atoms with Gasteiger partial charge >= 0.3 is 0 Å². The van der Waals surface area contributed by atoms with Crippen molar-refractivity contribution in [2.45, 2.75) is 22.8 Å². The second-order valence-corrected chi connectivity index (χ2v) is 7.15. The highest BCUT2D eigenvalue weighted by Crippen LogP contribution is 2.24. The van der Waals surface area contributed by atoms with Gasteiger partial charge in [-0.2, -0.15) is 0 Å². The summed E-state index contributed by atoms with van der Waals surface area (Å²) in [6, 6.07) is 14.8. The second kappa shape index (κ2) is 6.51. The molecule has 6 heteroatoms. The lowest BCUT2D eigenvalue weighted by Crippen LogP contribution is -2.12. The lowest BCUT2D eigenvalue weighted by atomic mass is 10.1. The van der Waals surface area contributed by atoms with Crippen molar-refractivity contribution in [2.24, 2.45) is 5.14 Å². The lowest BCUT2D eigenvalue weighted by Gasteiger charge is -2.16. The molecule has 0 aliphatic heterocycles. The van der Waals surface area contributed by atoms with Crippen molar-refractivity contribution in [3.05, 3.63) is 54.1 Å². The molecule has 0 aromatic heterocycles. The smallest absolute Gasteiger partial charge is 0.238 e. The van der Waals surface area contributed by atoms with E-state index >= 15 is 0 Å². The van der Waals surface area contributed by atoms with E-state index in [9.17, 15) is 8.42 Å². The van der Waals surface area contributed by atoms with Crippen molar-refractivity contribution in [1.29, 1.82) is 0 Å². The maximum absolute atomic E-state index is 11.2. The monoisotopic (exact) mass is 322 g/mol. The number of anilines is 1. The van der Waals surface area contributed by atoms with Crippen LogP contribution in [0.5, 0.6) is 0 Å². The van der Waals surface area contributed by atoms with Crippen LogP contribution in [0.1, 0.15) is 18.5 Å². The van der Waals surface area contributed by atoms with Crippen molar-refractivity contribution < 1.29 is 8.42 Å². The first kappa shape index (κ1) is 15.9. The molecule has 4 nitrogen and oxygen atoms in total. The number of benzene rings is 2. The van der Waals surface area contributed by atoms with E-state index in [-0.39, 0.29) is 10.9 Å². The molecule has 2 aromatic carbocycles. The maximum atomic E-state index is 11.2. The van der Waals surface area contributed by atoms with Crippen LogP contribution >= 0.6 is 11.8 Å². The molecule has 0 spiro atoms. The van der Waals surface area contributed by atoms with E-state index in [1.54, 1.807) is 23.9 Å². The van der Waals surface area contributed by atoms with Gasteiger partial charge in [0.05, 0.1) is 4.90 Å². The van der Waals surface area contributed by atoms with Gasteiger partial charge in [-0.05, 0) is 49.1 Å². The Labute approximate surface area is 129 Å². The van der Waals surface area contributed by atoms with Crippen molar-refractivity contribution in [3.8, 4) is 0 Å². The fourth-order valence-corrected chi connectivity index (χ4v) is 2.97. The zero-order valence-electron chi connectivity index (χ0n) is 11.9. The molecule has 2 aromatic rings. The standard InChI is InChI=1S/C15H18N2O2S2/c1-11(17-13-4-3-5-14(10-13)20-2)12-6-8-15(9-7-12)21(16,18)19/h3-11,17H,1-2H3,(H2,16,18,19). The molecule has 0 aliphatic carbocycles. The normalized spacial score (nSPS) is 12.9. The fraction of sp³-hybridized carbons (Fsp3) is 0.200. The van der Waals surface area contributed by atoms with E-state index in [0.29, 0.717) is 0 Å². The summed E-state index contributed by atoms with van der Waals surface area (Å²) in [5.74, 6) is 0. The number of thioether (sulfide) groups is 1. The highest BCUT2D eigenvalue weighted by molar-refractivity contribution is 7.98. The largest absolute Gasteiger partial charge is 0.378 e. The van der Waals surface area contributed by atoms with Crippen molar-refractivity contribution in [2.75, 3.05) is 11.6 Å². The molecule has 0 radical (unpaired) electrons. The maximum Gasteiger partial charge on any atom is 0.238 e. The molecular formula is C15H18N2O2S2. The first-order valence-corrected chi connectivity index (χ1v) is 9.20. The highest BCUT2D eigenvalue weighted by Gasteiger charge is 2.10. The predicted molar refractivity (Wildman–Crippen MR) is 88.1 cm³/mol. The first-order valence-electron chi connectivity index (χ1n) is 6.43. The Bertz CT molecular complexity index is 713. The van der Waals surface area contributed by atoms with Gasteiger partial charge in [0.15, 0.2) is 0 Å². The zero-order valence-corrected chi connectivity index (χ0v) is 13.5. The van der Waals surface area contributed by atoms with Crippen LogP contribution in [-0.4, -0.2) is 14.7 Å². The number of sulfonamides is 1. The van der Waals surface area contributed by atoms with Gasteiger partial charge in [-0.1, -0.05) is 18.2 Å². The molecule has 2 rings (SSSR count). The third kappa shape index (κ3) is 4.23. The highest BCUT2D eigenvalue weighted by atomic mass is 32.2. The molecule has 0 heterocycles.